The van der Waals surface area contributed by atoms with E-state index in [0.717, 1.165) is 26.4 Å². The molecular weight excluding hydrogens is 422 g/mol. The highest BCUT2D eigenvalue weighted by molar-refractivity contribution is 9.10. The predicted molar refractivity (Wildman–Crippen MR) is 104 cm³/mol. The fourth-order valence-corrected chi connectivity index (χ4v) is 4.05. The molecule has 0 unspecified atom stereocenters. The van der Waals surface area contributed by atoms with Crippen LogP contribution in [-0.4, -0.2) is 15.9 Å². The maximum Gasteiger partial charge on any atom is 0.230 e. The highest BCUT2D eigenvalue weighted by Gasteiger charge is 2.10. The van der Waals surface area contributed by atoms with Crippen molar-refractivity contribution in [2.24, 2.45) is 0 Å². The summed E-state index contributed by atoms with van der Waals surface area (Å²) in [5.41, 5.74) is 0.961. The van der Waals surface area contributed by atoms with Crippen LogP contribution in [0, 0.1) is 0 Å². The quantitative estimate of drug-likeness (QED) is 0.530. The van der Waals surface area contributed by atoms with E-state index in [1.54, 1.807) is 24.2 Å². The summed E-state index contributed by atoms with van der Waals surface area (Å²) in [4.78, 5) is 20.6. The van der Waals surface area contributed by atoms with Crippen LogP contribution in [-0.2, 0) is 23.4 Å². The molecule has 2 aromatic heterocycles. The Kier molecular flexibility index (Phi) is 6.28. The molecule has 0 atom stereocenters. The van der Waals surface area contributed by atoms with E-state index in [1.165, 1.54) is 11.3 Å². The van der Waals surface area contributed by atoms with Gasteiger partial charge in [0.15, 0.2) is 5.13 Å². The molecule has 1 amide bonds. The van der Waals surface area contributed by atoms with E-state index in [9.17, 15) is 4.79 Å². The van der Waals surface area contributed by atoms with E-state index < -0.39 is 0 Å². The van der Waals surface area contributed by atoms with Crippen molar-refractivity contribution in [1.29, 1.82) is 0 Å². The first-order valence-corrected chi connectivity index (χ1v) is 10.3. The number of aromatic nitrogens is 2. The van der Waals surface area contributed by atoms with E-state index in [-0.39, 0.29) is 5.91 Å². The van der Waals surface area contributed by atoms with E-state index in [2.05, 4.69) is 31.2 Å². The molecule has 2 heterocycles. The predicted octanol–water partition coefficient (Wildman–Crippen LogP) is 4.93. The molecule has 0 aliphatic carbocycles. The van der Waals surface area contributed by atoms with Crippen molar-refractivity contribution in [2.75, 3.05) is 5.32 Å². The van der Waals surface area contributed by atoms with Gasteiger partial charge >= 0.3 is 0 Å². The molecule has 1 N–H and O–H groups in total. The molecule has 0 aliphatic heterocycles. The lowest BCUT2D eigenvalue weighted by Crippen LogP contribution is -2.13. The van der Waals surface area contributed by atoms with Gasteiger partial charge < -0.3 is 9.73 Å². The Labute approximate surface area is 162 Å². The number of hydrogen-bond acceptors (Lipinski definition) is 6. The van der Waals surface area contributed by atoms with E-state index in [1.807, 2.05) is 31.2 Å². The SMILES string of the molecule is CCc1cnc(CSc2cnc(NC(=O)Cc3ccc(Br)cc3)s2)o1. The molecule has 0 bridgehead atoms. The number of thioether (sulfide) groups is 1. The minimum atomic E-state index is -0.0755. The third-order valence-corrected chi connectivity index (χ3v) is 5.92. The summed E-state index contributed by atoms with van der Waals surface area (Å²) < 4.78 is 7.58. The number of rotatable bonds is 7. The molecule has 0 saturated heterocycles. The lowest BCUT2D eigenvalue weighted by molar-refractivity contribution is -0.115. The van der Waals surface area contributed by atoms with Crippen LogP contribution >= 0.6 is 39.0 Å². The molecule has 0 aliphatic rings. The van der Waals surface area contributed by atoms with Crippen molar-refractivity contribution >= 4 is 50.1 Å². The zero-order valence-electron chi connectivity index (χ0n) is 13.5. The maximum absolute atomic E-state index is 12.1. The molecule has 25 heavy (non-hydrogen) atoms. The van der Waals surface area contributed by atoms with Crippen LogP contribution < -0.4 is 5.32 Å². The second-order valence-corrected chi connectivity index (χ2v) is 8.42. The second-order valence-electron chi connectivity index (χ2n) is 5.20. The van der Waals surface area contributed by atoms with Crippen molar-refractivity contribution < 1.29 is 9.21 Å². The van der Waals surface area contributed by atoms with Gasteiger partial charge in [0.1, 0.15) is 5.76 Å². The van der Waals surface area contributed by atoms with Crippen molar-refractivity contribution in [3.8, 4) is 0 Å². The first kappa shape index (κ1) is 18.2. The van der Waals surface area contributed by atoms with Crippen LogP contribution in [0.1, 0.15) is 24.1 Å². The highest BCUT2D eigenvalue weighted by Crippen LogP contribution is 2.30. The van der Waals surface area contributed by atoms with Crippen molar-refractivity contribution in [2.45, 2.75) is 29.7 Å². The normalized spacial score (nSPS) is 10.8. The molecule has 3 aromatic rings. The monoisotopic (exact) mass is 437 g/mol. The minimum absolute atomic E-state index is 0.0755. The molecule has 5 nitrogen and oxygen atoms in total. The smallest absolute Gasteiger partial charge is 0.230 e. The van der Waals surface area contributed by atoms with Gasteiger partial charge in [0.2, 0.25) is 11.8 Å². The van der Waals surface area contributed by atoms with Gasteiger partial charge in [0.25, 0.3) is 0 Å². The summed E-state index contributed by atoms with van der Waals surface area (Å²) in [5.74, 6) is 2.17. The van der Waals surface area contributed by atoms with Gasteiger partial charge in [-0.15, -0.1) is 11.8 Å². The van der Waals surface area contributed by atoms with E-state index >= 15 is 0 Å². The molecule has 8 heteroatoms. The number of amides is 1. The zero-order valence-corrected chi connectivity index (χ0v) is 16.7. The Morgan fingerprint density at radius 2 is 2.08 bits per heavy atom. The molecule has 3 rings (SSSR count). The van der Waals surface area contributed by atoms with E-state index in [4.69, 9.17) is 4.42 Å². The number of oxazole rings is 1. The van der Waals surface area contributed by atoms with Crippen LogP contribution in [0.5, 0.6) is 0 Å². The molecule has 0 spiro atoms. The minimum Gasteiger partial charge on any atom is -0.445 e. The molecule has 1 aromatic carbocycles. The number of hydrogen-bond donors (Lipinski definition) is 1. The number of aryl methyl sites for hydroxylation is 1. The zero-order chi connectivity index (χ0) is 17.6. The molecule has 0 radical (unpaired) electrons. The standard InChI is InChI=1S/C17H16BrN3O2S2/c1-2-13-8-19-15(23-13)10-24-16-9-20-17(25-16)21-14(22)7-11-3-5-12(18)6-4-11/h3-6,8-9H,2,7,10H2,1H3,(H,20,21,22). The molecular formula is C17H16BrN3O2S2. The van der Waals surface area contributed by atoms with Crippen LogP contribution in [0.2, 0.25) is 0 Å². The Morgan fingerprint density at radius 1 is 1.28 bits per heavy atom. The molecule has 130 valence electrons. The summed E-state index contributed by atoms with van der Waals surface area (Å²) in [6.45, 7) is 2.03. The third kappa shape index (κ3) is 5.42. The topological polar surface area (TPSA) is 68.0 Å². The first-order chi connectivity index (χ1) is 12.1. The average Bonchev–Trinajstić information content (AvgIpc) is 3.24. The Morgan fingerprint density at radius 3 is 2.80 bits per heavy atom. The van der Waals surface area contributed by atoms with Crippen LogP contribution in [0.25, 0.3) is 0 Å². The van der Waals surface area contributed by atoms with Crippen molar-refractivity contribution in [1.82, 2.24) is 9.97 Å². The van der Waals surface area contributed by atoms with Crippen LogP contribution in [0.3, 0.4) is 0 Å². The van der Waals surface area contributed by atoms with Gasteiger partial charge in [0, 0.05) is 10.9 Å². The largest absolute Gasteiger partial charge is 0.445 e. The van der Waals surface area contributed by atoms with Gasteiger partial charge in [-0.25, -0.2) is 9.97 Å². The second kappa shape index (κ2) is 8.64. The van der Waals surface area contributed by atoms with Gasteiger partial charge in [-0.2, -0.15) is 0 Å². The number of carbonyl (C=O) groups is 1. The fourth-order valence-electron chi connectivity index (χ4n) is 2.05. The van der Waals surface area contributed by atoms with Crippen LogP contribution in [0.4, 0.5) is 5.13 Å². The maximum atomic E-state index is 12.1. The Balaban J connectivity index is 1.50. The molecule has 0 saturated carbocycles. The number of benzene rings is 1. The van der Waals surface area contributed by atoms with Crippen LogP contribution in [0.15, 0.2) is 49.8 Å². The van der Waals surface area contributed by atoms with Gasteiger partial charge in [0.05, 0.1) is 28.8 Å². The highest BCUT2D eigenvalue weighted by atomic mass is 79.9. The van der Waals surface area contributed by atoms with Crippen molar-refractivity contribution in [3.63, 3.8) is 0 Å². The number of anilines is 1. The summed E-state index contributed by atoms with van der Waals surface area (Å²) in [6, 6.07) is 7.70. The number of thiazole rings is 1. The lowest BCUT2D eigenvalue weighted by atomic mass is 10.1. The number of halogens is 1. The third-order valence-electron chi connectivity index (χ3n) is 3.30. The van der Waals surface area contributed by atoms with Crippen molar-refractivity contribution in [3.05, 3.63) is 58.3 Å². The first-order valence-electron chi connectivity index (χ1n) is 7.69. The summed E-state index contributed by atoms with van der Waals surface area (Å²) in [7, 11) is 0. The Hall–Kier alpha value is -1.64. The summed E-state index contributed by atoms with van der Waals surface area (Å²) in [5, 5.41) is 3.44. The lowest BCUT2D eigenvalue weighted by Gasteiger charge is -2.02. The Bertz CT molecular complexity index is 846. The summed E-state index contributed by atoms with van der Waals surface area (Å²) in [6.07, 6.45) is 4.68. The van der Waals surface area contributed by atoms with E-state index in [0.29, 0.717) is 23.2 Å². The number of nitrogens with one attached hydrogen (secondary N) is 1. The average molecular weight is 438 g/mol. The van der Waals surface area contributed by atoms with Gasteiger partial charge in [-0.05, 0) is 17.7 Å². The summed E-state index contributed by atoms with van der Waals surface area (Å²) >= 11 is 6.43. The number of nitrogens with zero attached hydrogens (tertiary/aromatic N) is 2. The van der Waals surface area contributed by atoms with Gasteiger partial charge in [-0.1, -0.05) is 46.3 Å². The molecule has 0 fully saturated rings. The van der Waals surface area contributed by atoms with Gasteiger partial charge in [-0.3, -0.25) is 4.79 Å². The number of carbonyl (C=O) groups excluding carboxylic acids is 1. The fraction of sp³-hybridized carbons (Fsp3) is 0.235.